The first kappa shape index (κ1) is 16.7. The van der Waals surface area contributed by atoms with Gasteiger partial charge in [-0.3, -0.25) is 9.48 Å². The van der Waals surface area contributed by atoms with E-state index in [0.717, 1.165) is 4.88 Å². The maximum absolute atomic E-state index is 12.4. The van der Waals surface area contributed by atoms with Crippen LogP contribution in [0, 0.1) is 19.8 Å². The van der Waals surface area contributed by atoms with Crippen molar-refractivity contribution in [1.29, 1.82) is 0 Å². The summed E-state index contributed by atoms with van der Waals surface area (Å²) in [6.45, 7) is 4.99. The molecule has 1 N–H and O–H groups in total. The predicted octanol–water partition coefficient (Wildman–Crippen LogP) is 1.78. The molecule has 0 saturated heterocycles. The molecule has 0 aliphatic heterocycles. The molecule has 1 unspecified atom stereocenters. The zero-order valence-corrected chi connectivity index (χ0v) is 14.6. The van der Waals surface area contributed by atoms with Gasteiger partial charge in [0.25, 0.3) is 10.0 Å². The maximum atomic E-state index is 12.4. The fourth-order valence-electron chi connectivity index (χ4n) is 2.25. The number of carbonyl (C=O) groups is 1. The first-order valence-electron chi connectivity index (χ1n) is 6.81. The average Bonchev–Trinajstić information content (AvgIpc) is 2.98. The molecule has 0 fully saturated rings. The standard InChI is InChI=1S/C14H19N3O3S2/c1-9(8-12-6-5-7-21-12)14(18)16-22(19,20)13-10(2)15-17(4)11(13)3/h5-7,9H,8H2,1-4H3,(H,16,18). The molecule has 0 aliphatic rings. The van der Waals surface area contributed by atoms with Crippen molar-refractivity contribution in [3.63, 3.8) is 0 Å². The molecule has 22 heavy (non-hydrogen) atoms. The summed E-state index contributed by atoms with van der Waals surface area (Å²) in [6, 6.07) is 3.84. The van der Waals surface area contributed by atoms with Gasteiger partial charge in [-0.25, -0.2) is 13.1 Å². The lowest BCUT2D eigenvalue weighted by Gasteiger charge is -2.12. The molecule has 8 heteroatoms. The minimum Gasteiger partial charge on any atom is -0.274 e. The molecule has 0 spiro atoms. The summed E-state index contributed by atoms with van der Waals surface area (Å²) < 4.78 is 28.5. The van der Waals surface area contributed by atoms with Crippen LogP contribution >= 0.6 is 11.3 Å². The molecule has 6 nitrogen and oxygen atoms in total. The molecule has 2 aromatic rings. The fourth-order valence-corrected chi connectivity index (χ4v) is 4.60. The van der Waals surface area contributed by atoms with E-state index in [-0.39, 0.29) is 4.90 Å². The third-order valence-electron chi connectivity index (χ3n) is 3.48. The van der Waals surface area contributed by atoms with Crippen LogP contribution < -0.4 is 4.72 Å². The second kappa shape index (κ2) is 6.21. The second-order valence-electron chi connectivity index (χ2n) is 5.28. The van der Waals surface area contributed by atoms with Gasteiger partial charge in [0.05, 0.1) is 11.4 Å². The van der Waals surface area contributed by atoms with Crippen molar-refractivity contribution in [3.8, 4) is 0 Å². The van der Waals surface area contributed by atoms with E-state index in [9.17, 15) is 13.2 Å². The number of hydrogen-bond acceptors (Lipinski definition) is 5. The van der Waals surface area contributed by atoms with E-state index in [2.05, 4.69) is 9.82 Å². The van der Waals surface area contributed by atoms with Crippen LogP contribution in [-0.4, -0.2) is 24.1 Å². The number of rotatable bonds is 5. The van der Waals surface area contributed by atoms with Gasteiger partial charge in [-0.05, 0) is 31.7 Å². The lowest BCUT2D eigenvalue weighted by Crippen LogP contribution is -2.35. The number of amides is 1. The van der Waals surface area contributed by atoms with Crippen LogP contribution in [0.3, 0.4) is 0 Å². The van der Waals surface area contributed by atoms with Crippen LogP contribution in [0.4, 0.5) is 0 Å². The number of nitrogens with one attached hydrogen (secondary N) is 1. The second-order valence-corrected chi connectivity index (χ2v) is 7.93. The zero-order chi connectivity index (χ0) is 16.5. The predicted molar refractivity (Wildman–Crippen MR) is 85.2 cm³/mol. The summed E-state index contributed by atoms with van der Waals surface area (Å²) in [5.41, 5.74) is 0.884. The summed E-state index contributed by atoms with van der Waals surface area (Å²) in [5, 5.41) is 6.01. The van der Waals surface area contributed by atoms with Gasteiger partial charge in [-0.1, -0.05) is 13.0 Å². The zero-order valence-electron chi connectivity index (χ0n) is 13.0. The number of carbonyl (C=O) groups excluding carboxylic acids is 1. The molecule has 2 heterocycles. The number of sulfonamides is 1. The van der Waals surface area contributed by atoms with Gasteiger partial charge in [-0.15, -0.1) is 11.3 Å². The highest BCUT2D eigenvalue weighted by Gasteiger charge is 2.27. The van der Waals surface area contributed by atoms with Gasteiger partial charge < -0.3 is 0 Å². The smallest absolute Gasteiger partial charge is 0.267 e. The molecule has 0 radical (unpaired) electrons. The lowest BCUT2D eigenvalue weighted by atomic mass is 10.1. The Balaban J connectivity index is 2.16. The fraction of sp³-hybridized carbons (Fsp3) is 0.429. The maximum Gasteiger partial charge on any atom is 0.267 e. The average molecular weight is 341 g/mol. The molecule has 120 valence electrons. The molecule has 0 aliphatic carbocycles. The SMILES string of the molecule is Cc1nn(C)c(C)c1S(=O)(=O)NC(=O)C(C)Cc1cccs1. The highest BCUT2D eigenvalue weighted by molar-refractivity contribution is 7.90. The molecule has 0 saturated carbocycles. The molecular weight excluding hydrogens is 322 g/mol. The Morgan fingerprint density at radius 2 is 2.14 bits per heavy atom. The number of nitrogens with zero attached hydrogens (tertiary/aromatic N) is 2. The third-order valence-corrected chi connectivity index (χ3v) is 5.98. The first-order valence-corrected chi connectivity index (χ1v) is 9.18. The van der Waals surface area contributed by atoms with Crippen molar-refractivity contribution < 1.29 is 13.2 Å². The van der Waals surface area contributed by atoms with Crippen molar-refractivity contribution >= 4 is 27.3 Å². The van der Waals surface area contributed by atoms with Crippen molar-refractivity contribution in [3.05, 3.63) is 33.8 Å². The monoisotopic (exact) mass is 341 g/mol. The Bertz CT molecular complexity index is 777. The van der Waals surface area contributed by atoms with Gasteiger partial charge in [0.2, 0.25) is 5.91 Å². The lowest BCUT2D eigenvalue weighted by molar-refractivity contribution is -0.122. The Labute approximate surface area is 134 Å². The highest BCUT2D eigenvalue weighted by atomic mass is 32.2. The van der Waals surface area contributed by atoms with E-state index in [4.69, 9.17) is 0 Å². The summed E-state index contributed by atoms with van der Waals surface area (Å²) in [4.78, 5) is 13.3. The van der Waals surface area contributed by atoms with Gasteiger partial charge >= 0.3 is 0 Å². The molecule has 0 aromatic carbocycles. The van der Waals surface area contributed by atoms with E-state index in [1.54, 1.807) is 39.2 Å². The summed E-state index contributed by atoms with van der Waals surface area (Å²) in [5.74, 6) is -0.929. The van der Waals surface area contributed by atoms with Crippen LogP contribution in [0.2, 0.25) is 0 Å². The van der Waals surface area contributed by atoms with Crippen molar-refractivity contribution in [2.24, 2.45) is 13.0 Å². The normalized spacial score (nSPS) is 13.1. The van der Waals surface area contributed by atoms with E-state index >= 15 is 0 Å². The highest BCUT2D eigenvalue weighted by Crippen LogP contribution is 2.19. The molecular formula is C14H19N3O3S2. The van der Waals surface area contributed by atoms with E-state index in [0.29, 0.717) is 17.8 Å². The minimum atomic E-state index is -3.90. The molecule has 1 atom stereocenters. The first-order chi connectivity index (χ1) is 10.2. The van der Waals surface area contributed by atoms with Crippen molar-refractivity contribution in [2.75, 3.05) is 0 Å². The summed E-state index contributed by atoms with van der Waals surface area (Å²) >= 11 is 1.55. The van der Waals surface area contributed by atoms with Gasteiger partial charge in [0.1, 0.15) is 4.90 Å². The van der Waals surface area contributed by atoms with Gasteiger partial charge in [0, 0.05) is 17.8 Å². The largest absolute Gasteiger partial charge is 0.274 e. The molecule has 2 aromatic heterocycles. The van der Waals surface area contributed by atoms with Crippen LogP contribution in [0.15, 0.2) is 22.4 Å². The number of thiophene rings is 1. The van der Waals surface area contributed by atoms with Crippen LogP contribution in [-0.2, 0) is 28.3 Å². The van der Waals surface area contributed by atoms with E-state index in [1.807, 2.05) is 17.5 Å². The topological polar surface area (TPSA) is 81.1 Å². The van der Waals surface area contributed by atoms with Crippen LogP contribution in [0.1, 0.15) is 23.2 Å². The minimum absolute atomic E-state index is 0.0756. The Morgan fingerprint density at radius 3 is 2.64 bits per heavy atom. The Morgan fingerprint density at radius 1 is 1.45 bits per heavy atom. The summed E-state index contributed by atoms with van der Waals surface area (Å²) in [6.07, 6.45) is 0.518. The van der Waals surface area contributed by atoms with Crippen molar-refractivity contribution in [2.45, 2.75) is 32.1 Å². The molecule has 0 bridgehead atoms. The number of aromatic nitrogens is 2. The van der Waals surface area contributed by atoms with Crippen LogP contribution in [0.5, 0.6) is 0 Å². The number of aryl methyl sites for hydroxylation is 2. The number of hydrogen-bond donors (Lipinski definition) is 1. The summed E-state index contributed by atoms with van der Waals surface area (Å²) in [7, 11) is -2.23. The third kappa shape index (κ3) is 3.38. The van der Waals surface area contributed by atoms with Gasteiger partial charge in [0.15, 0.2) is 0 Å². The van der Waals surface area contributed by atoms with Crippen LogP contribution in [0.25, 0.3) is 0 Å². The van der Waals surface area contributed by atoms with E-state index in [1.165, 1.54) is 4.68 Å². The Kier molecular flexibility index (Phi) is 4.72. The molecule has 1 amide bonds. The molecule has 2 rings (SSSR count). The van der Waals surface area contributed by atoms with E-state index < -0.39 is 21.8 Å². The van der Waals surface area contributed by atoms with Crippen molar-refractivity contribution in [1.82, 2.24) is 14.5 Å². The van der Waals surface area contributed by atoms with Gasteiger partial charge in [-0.2, -0.15) is 5.10 Å². The quantitative estimate of drug-likeness (QED) is 0.899. The Hall–Kier alpha value is -1.67.